The van der Waals surface area contributed by atoms with Crippen LogP contribution in [0.2, 0.25) is 0 Å². The van der Waals surface area contributed by atoms with Crippen molar-refractivity contribution in [2.45, 2.75) is 57.7 Å². The van der Waals surface area contributed by atoms with Gasteiger partial charge in [-0.1, -0.05) is 20.3 Å². The molecule has 1 rings (SSSR count). The van der Waals surface area contributed by atoms with Gasteiger partial charge in [-0.3, -0.25) is 0 Å². The van der Waals surface area contributed by atoms with Gasteiger partial charge in [0.1, 0.15) is 0 Å². The van der Waals surface area contributed by atoms with Gasteiger partial charge in [0.15, 0.2) is 0 Å². The number of aliphatic hydroxyl groups excluding tert-OH is 1. The molecule has 0 aromatic carbocycles. The zero-order chi connectivity index (χ0) is 9.90. The number of ether oxygens (including phenoxy) is 1. The molecule has 1 aliphatic rings. The van der Waals surface area contributed by atoms with Crippen molar-refractivity contribution in [2.75, 3.05) is 7.11 Å². The summed E-state index contributed by atoms with van der Waals surface area (Å²) in [7, 11) is 1.72. The van der Waals surface area contributed by atoms with Crippen LogP contribution in [0.1, 0.15) is 46.0 Å². The number of rotatable bonds is 5. The Morgan fingerprint density at radius 2 is 2.08 bits per heavy atom. The molecule has 0 saturated heterocycles. The molecule has 1 N–H and O–H groups in total. The summed E-state index contributed by atoms with van der Waals surface area (Å²) in [6.45, 7) is 4.35. The smallest absolute Gasteiger partial charge is 0.0936 e. The van der Waals surface area contributed by atoms with Crippen LogP contribution in [0.5, 0.6) is 0 Å². The summed E-state index contributed by atoms with van der Waals surface area (Å²) in [4.78, 5) is 0. The van der Waals surface area contributed by atoms with E-state index < -0.39 is 0 Å². The van der Waals surface area contributed by atoms with Gasteiger partial charge >= 0.3 is 0 Å². The molecule has 1 fully saturated rings. The first-order valence-corrected chi connectivity index (χ1v) is 5.38. The first kappa shape index (κ1) is 11.0. The molecule has 2 atom stereocenters. The van der Waals surface area contributed by atoms with Gasteiger partial charge in [-0.2, -0.15) is 0 Å². The Balaban J connectivity index is 2.40. The van der Waals surface area contributed by atoms with Gasteiger partial charge in [0.2, 0.25) is 0 Å². The maximum atomic E-state index is 10.00. The van der Waals surface area contributed by atoms with E-state index in [1.165, 1.54) is 6.42 Å². The van der Waals surface area contributed by atoms with E-state index in [-0.39, 0.29) is 11.7 Å². The van der Waals surface area contributed by atoms with Crippen LogP contribution in [-0.2, 0) is 4.74 Å². The highest BCUT2D eigenvalue weighted by molar-refractivity contribution is 4.96. The maximum Gasteiger partial charge on any atom is 0.0936 e. The summed E-state index contributed by atoms with van der Waals surface area (Å²) in [5, 5.41) is 10.00. The van der Waals surface area contributed by atoms with Gasteiger partial charge < -0.3 is 9.84 Å². The lowest BCUT2D eigenvalue weighted by Crippen LogP contribution is -2.50. The molecule has 1 aliphatic carbocycles. The van der Waals surface area contributed by atoms with E-state index in [0.717, 1.165) is 25.7 Å². The molecular formula is C11H22O2. The van der Waals surface area contributed by atoms with E-state index >= 15 is 0 Å². The third-order valence-corrected chi connectivity index (χ3v) is 3.54. The molecule has 0 aliphatic heterocycles. The van der Waals surface area contributed by atoms with E-state index in [9.17, 15) is 5.11 Å². The van der Waals surface area contributed by atoms with Gasteiger partial charge in [-0.15, -0.1) is 0 Å². The lowest BCUT2D eigenvalue weighted by molar-refractivity contribution is -0.154. The van der Waals surface area contributed by atoms with E-state index in [1.54, 1.807) is 7.11 Å². The highest BCUT2D eigenvalue weighted by Crippen LogP contribution is 2.40. The Morgan fingerprint density at radius 3 is 2.38 bits per heavy atom. The minimum atomic E-state index is -0.263. The van der Waals surface area contributed by atoms with Crippen LogP contribution < -0.4 is 0 Å². The van der Waals surface area contributed by atoms with Crippen LogP contribution in [0.25, 0.3) is 0 Å². The van der Waals surface area contributed by atoms with E-state index in [1.807, 2.05) is 0 Å². The Kier molecular flexibility index (Phi) is 3.74. The van der Waals surface area contributed by atoms with Crippen molar-refractivity contribution in [3.05, 3.63) is 0 Å². The highest BCUT2D eigenvalue weighted by Gasteiger charge is 2.43. The second kappa shape index (κ2) is 4.43. The Morgan fingerprint density at radius 1 is 1.46 bits per heavy atom. The van der Waals surface area contributed by atoms with E-state index in [0.29, 0.717) is 5.92 Å². The monoisotopic (exact) mass is 186 g/mol. The normalized spacial score (nSPS) is 24.9. The summed E-state index contributed by atoms with van der Waals surface area (Å²) >= 11 is 0. The molecule has 2 unspecified atom stereocenters. The molecule has 0 aromatic heterocycles. The molecule has 0 radical (unpaired) electrons. The lowest BCUT2D eigenvalue weighted by Gasteiger charge is -2.44. The molecular weight excluding hydrogens is 164 g/mol. The fourth-order valence-electron chi connectivity index (χ4n) is 1.96. The summed E-state index contributed by atoms with van der Waals surface area (Å²) in [6.07, 6.45) is 5.01. The Bertz CT molecular complexity index is 147. The van der Waals surface area contributed by atoms with Crippen LogP contribution in [0.15, 0.2) is 0 Å². The van der Waals surface area contributed by atoms with Crippen molar-refractivity contribution in [1.82, 2.24) is 0 Å². The van der Waals surface area contributed by atoms with Crippen molar-refractivity contribution in [3.8, 4) is 0 Å². The standard InChI is InChI=1S/C11H22O2/c1-4-9(2)8-10(12)11(13-3)6-5-7-11/h9-10,12H,4-8H2,1-3H3. The molecule has 78 valence electrons. The molecule has 0 bridgehead atoms. The minimum absolute atomic E-state index is 0.191. The Hall–Kier alpha value is -0.0800. The van der Waals surface area contributed by atoms with Crippen LogP contribution in [-0.4, -0.2) is 23.9 Å². The largest absolute Gasteiger partial charge is 0.390 e. The van der Waals surface area contributed by atoms with Crippen LogP contribution in [0.3, 0.4) is 0 Å². The fourth-order valence-corrected chi connectivity index (χ4v) is 1.96. The predicted molar refractivity (Wildman–Crippen MR) is 53.7 cm³/mol. The molecule has 2 nitrogen and oxygen atoms in total. The molecule has 1 saturated carbocycles. The van der Waals surface area contributed by atoms with Crippen molar-refractivity contribution in [2.24, 2.45) is 5.92 Å². The van der Waals surface area contributed by atoms with Crippen molar-refractivity contribution >= 4 is 0 Å². The average molecular weight is 186 g/mol. The van der Waals surface area contributed by atoms with Gasteiger partial charge in [0.05, 0.1) is 11.7 Å². The van der Waals surface area contributed by atoms with Crippen molar-refractivity contribution in [1.29, 1.82) is 0 Å². The molecule has 0 aromatic rings. The maximum absolute atomic E-state index is 10.00. The van der Waals surface area contributed by atoms with Crippen molar-refractivity contribution in [3.63, 3.8) is 0 Å². The zero-order valence-electron chi connectivity index (χ0n) is 9.05. The summed E-state index contributed by atoms with van der Waals surface area (Å²) in [5.41, 5.74) is -0.191. The Labute approximate surface area is 81.3 Å². The summed E-state index contributed by atoms with van der Waals surface area (Å²) in [5.74, 6) is 0.600. The first-order valence-electron chi connectivity index (χ1n) is 5.38. The number of hydrogen-bond acceptors (Lipinski definition) is 2. The van der Waals surface area contributed by atoms with Crippen molar-refractivity contribution < 1.29 is 9.84 Å². The molecule has 2 heteroatoms. The summed E-state index contributed by atoms with van der Waals surface area (Å²) < 4.78 is 5.43. The second-order valence-electron chi connectivity index (χ2n) is 4.39. The minimum Gasteiger partial charge on any atom is -0.390 e. The van der Waals surface area contributed by atoms with Crippen LogP contribution >= 0.6 is 0 Å². The van der Waals surface area contributed by atoms with Gasteiger partial charge in [-0.05, 0) is 31.6 Å². The van der Waals surface area contributed by atoms with Crippen LogP contribution in [0, 0.1) is 5.92 Å². The number of hydrogen-bond donors (Lipinski definition) is 1. The fraction of sp³-hybridized carbons (Fsp3) is 1.00. The SMILES string of the molecule is CCC(C)CC(O)C1(OC)CCC1. The molecule has 0 spiro atoms. The third kappa shape index (κ3) is 2.23. The van der Waals surface area contributed by atoms with Crippen LogP contribution in [0.4, 0.5) is 0 Å². The van der Waals surface area contributed by atoms with Gasteiger partial charge in [-0.25, -0.2) is 0 Å². The quantitative estimate of drug-likeness (QED) is 0.714. The number of methoxy groups -OCH3 is 1. The topological polar surface area (TPSA) is 29.5 Å². The van der Waals surface area contributed by atoms with E-state index in [4.69, 9.17) is 4.74 Å². The second-order valence-corrected chi connectivity index (χ2v) is 4.39. The third-order valence-electron chi connectivity index (χ3n) is 3.54. The molecule has 0 amide bonds. The van der Waals surface area contributed by atoms with E-state index in [2.05, 4.69) is 13.8 Å². The molecule has 13 heavy (non-hydrogen) atoms. The van der Waals surface area contributed by atoms with Gasteiger partial charge in [0.25, 0.3) is 0 Å². The first-order chi connectivity index (χ1) is 6.14. The lowest BCUT2D eigenvalue weighted by atomic mass is 9.73. The van der Waals surface area contributed by atoms with Gasteiger partial charge in [0, 0.05) is 7.11 Å². The average Bonchev–Trinajstić information content (AvgIpc) is 2.03. The summed E-state index contributed by atoms with van der Waals surface area (Å²) in [6, 6.07) is 0. The zero-order valence-corrected chi connectivity index (χ0v) is 9.05. The molecule has 0 heterocycles. The number of aliphatic hydroxyl groups is 1. The highest BCUT2D eigenvalue weighted by atomic mass is 16.5. The predicted octanol–water partition coefficient (Wildman–Crippen LogP) is 2.35.